The molecule has 3 rings (SSSR count). The normalized spacial score (nSPS) is 14.8. The number of hydrogen-bond acceptors (Lipinski definition) is 5. The smallest absolute Gasteiger partial charge is 0.336 e. The van der Waals surface area contributed by atoms with E-state index in [1.807, 2.05) is 0 Å². The van der Waals surface area contributed by atoms with Gasteiger partial charge in [-0.15, -0.1) is 0 Å². The molecule has 0 unspecified atom stereocenters. The SMILES string of the molecule is O=C(CN1CCN(C(=O)c2ccccc2C(F)(F)F)CC1)Nc1ccc(Cl)cc1[N+](=O)[O-]. The molecule has 0 saturated carbocycles. The van der Waals surface area contributed by atoms with Gasteiger partial charge in [0.05, 0.1) is 22.6 Å². The number of rotatable bonds is 5. The quantitative estimate of drug-likeness (QED) is 0.531. The number of nitro benzene ring substituents is 1. The van der Waals surface area contributed by atoms with Gasteiger partial charge >= 0.3 is 6.18 Å². The lowest BCUT2D eigenvalue weighted by Crippen LogP contribution is -2.50. The lowest BCUT2D eigenvalue weighted by molar-refractivity contribution is -0.383. The van der Waals surface area contributed by atoms with Crippen molar-refractivity contribution in [3.63, 3.8) is 0 Å². The summed E-state index contributed by atoms with van der Waals surface area (Å²) in [4.78, 5) is 38.4. The fraction of sp³-hybridized carbons (Fsp3) is 0.300. The Hall–Kier alpha value is -3.18. The first kappa shape index (κ1) is 23.5. The number of hydrogen-bond donors (Lipinski definition) is 1. The first-order valence-electron chi connectivity index (χ1n) is 9.48. The lowest BCUT2D eigenvalue weighted by Gasteiger charge is -2.34. The molecule has 0 aliphatic carbocycles. The molecule has 0 aromatic heterocycles. The fourth-order valence-corrected chi connectivity index (χ4v) is 3.52. The molecule has 2 aromatic rings. The van der Waals surface area contributed by atoms with Gasteiger partial charge in [-0.25, -0.2) is 0 Å². The van der Waals surface area contributed by atoms with E-state index in [1.54, 1.807) is 4.90 Å². The molecule has 0 radical (unpaired) electrons. The number of nitro groups is 1. The number of carbonyl (C=O) groups is 2. The van der Waals surface area contributed by atoms with Crippen molar-refractivity contribution < 1.29 is 27.7 Å². The van der Waals surface area contributed by atoms with Gasteiger partial charge in [-0.1, -0.05) is 23.7 Å². The van der Waals surface area contributed by atoms with Crippen LogP contribution in [0.3, 0.4) is 0 Å². The van der Waals surface area contributed by atoms with E-state index in [9.17, 15) is 32.9 Å². The van der Waals surface area contributed by atoms with Crippen LogP contribution in [0.5, 0.6) is 0 Å². The number of nitrogens with one attached hydrogen (secondary N) is 1. The molecule has 2 amide bonds. The number of piperazine rings is 1. The van der Waals surface area contributed by atoms with Crippen LogP contribution in [0.25, 0.3) is 0 Å². The van der Waals surface area contributed by atoms with Crippen LogP contribution in [-0.4, -0.2) is 59.3 Å². The van der Waals surface area contributed by atoms with Gasteiger partial charge in [-0.05, 0) is 24.3 Å². The van der Waals surface area contributed by atoms with Crippen molar-refractivity contribution in [3.8, 4) is 0 Å². The summed E-state index contributed by atoms with van der Waals surface area (Å²) in [7, 11) is 0. The molecule has 1 aliphatic heterocycles. The van der Waals surface area contributed by atoms with Crippen LogP contribution < -0.4 is 5.32 Å². The Balaban J connectivity index is 1.59. The minimum absolute atomic E-state index is 0.00183. The van der Waals surface area contributed by atoms with E-state index >= 15 is 0 Å². The third-order valence-electron chi connectivity index (χ3n) is 4.92. The van der Waals surface area contributed by atoms with Gasteiger partial charge in [0.1, 0.15) is 5.69 Å². The molecule has 0 spiro atoms. The molecule has 0 atom stereocenters. The Morgan fingerprint density at radius 3 is 2.38 bits per heavy atom. The van der Waals surface area contributed by atoms with Crippen molar-refractivity contribution in [2.75, 3.05) is 38.0 Å². The highest BCUT2D eigenvalue weighted by molar-refractivity contribution is 6.31. The van der Waals surface area contributed by atoms with Crippen molar-refractivity contribution in [3.05, 3.63) is 68.7 Å². The highest BCUT2D eigenvalue weighted by Gasteiger charge is 2.36. The van der Waals surface area contributed by atoms with E-state index in [-0.39, 0.29) is 49.1 Å². The minimum atomic E-state index is -4.64. The molecule has 170 valence electrons. The second kappa shape index (κ2) is 9.53. The maximum absolute atomic E-state index is 13.2. The van der Waals surface area contributed by atoms with Gasteiger partial charge in [0, 0.05) is 37.3 Å². The largest absolute Gasteiger partial charge is 0.417 e. The monoisotopic (exact) mass is 470 g/mol. The predicted molar refractivity (Wildman–Crippen MR) is 111 cm³/mol. The first-order chi connectivity index (χ1) is 15.1. The number of amides is 2. The summed E-state index contributed by atoms with van der Waals surface area (Å²) in [5, 5.41) is 13.7. The van der Waals surface area contributed by atoms with Gasteiger partial charge in [0.25, 0.3) is 11.6 Å². The third-order valence-corrected chi connectivity index (χ3v) is 5.16. The summed E-state index contributed by atoms with van der Waals surface area (Å²) in [6.07, 6.45) is -4.64. The average Bonchev–Trinajstić information content (AvgIpc) is 2.74. The standard InChI is InChI=1S/C20H18ClF3N4O4/c21-13-5-6-16(17(11-13)28(31)32)25-18(29)12-26-7-9-27(10-8-26)19(30)14-3-1-2-4-15(14)20(22,23)24/h1-6,11H,7-10,12H2,(H,25,29). The summed E-state index contributed by atoms with van der Waals surface area (Å²) >= 11 is 5.75. The Labute approximate surface area is 185 Å². The Morgan fingerprint density at radius 2 is 1.75 bits per heavy atom. The van der Waals surface area contributed by atoms with Crippen molar-refractivity contribution in [2.24, 2.45) is 0 Å². The molecule has 12 heteroatoms. The molecular formula is C20H18ClF3N4O4. The van der Waals surface area contributed by atoms with Gasteiger partial charge in [-0.2, -0.15) is 13.2 Å². The Bertz CT molecular complexity index is 1040. The van der Waals surface area contributed by atoms with E-state index in [0.717, 1.165) is 18.2 Å². The summed E-state index contributed by atoms with van der Waals surface area (Å²) in [5.74, 6) is -1.23. The Morgan fingerprint density at radius 1 is 1.09 bits per heavy atom. The maximum atomic E-state index is 13.2. The van der Waals surface area contributed by atoms with Crippen LogP contribution in [0, 0.1) is 10.1 Å². The van der Waals surface area contributed by atoms with E-state index in [1.165, 1.54) is 29.2 Å². The van der Waals surface area contributed by atoms with Gasteiger partial charge in [-0.3, -0.25) is 24.6 Å². The number of benzene rings is 2. The molecule has 0 bridgehead atoms. The molecular weight excluding hydrogens is 453 g/mol. The maximum Gasteiger partial charge on any atom is 0.417 e. The fourth-order valence-electron chi connectivity index (χ4n) is 3.35. The summed E-state index contributed by atoms with van der Waals surface area (Å²) in [5.41, 5.74) is -1.75. The van der Waals surface area contributed by atoms with Gasteiger partial charge in [0.2, 0.25) is 5.91 Å². The first-order valence-corrected chi connectivity index (χ1v) is 9.85. The second-order valence-corrected chi connectivity index (χ2v) is 7.51. The molecule has 8 nitrogen and oxygen atoms in total. The van der Waals surface area contributed by atoms with Crippen molar-refractivity contribution in [1.29, 1.82) is 0 Å². The van der Waals surface area contributed by atoms with Crippen LogP contribution in [-0.2, 0) is 11.0 Å². The number of nitrogens with zero attached hydrogens (tertiary/aromatic N) is 3. The van der Waals surface area contributed by atoms with Crippen LogP contribution >= 0.6 is 11.6 Å². The molecule has 32 heavy (non-hydrogen) atoms. The third kappa shape index (κ3) is 5.54. The number of alkyl halides is 3. The zero-order chi connectivity index (χ0) is 23.5. The molecule has 1 saturated heterocycles. The zero-order valence-corrected chi connectivity index (χ0v) is 17.3. The zero-order valence-electron chi connectivity index (χ0n) is 16.6. The number of anilines is 1. The summed E-state index contributed by atoms with van der Waals surface area (Å²) in [6, 6.07) is 8.47. The molecule has 1 heterocycles. The van der Waals surface area contributed by atoms with E-state index < -0.39 is 34.0 Å². The summed E-state index contributed by atoms with van der Waals surface area (Å²) in [6.45, 7) is 0.700. The molecule has 1 N–H and O–H groups in total. The van der Waals surface area contributed by atoms with E-state index in [4.69, 9.17) is 11.6 Å². The van der Waals surface area contributed by atoms with Crippen LogP contribution in [0.4, 0.5) is 24.5 Å². The predicted octanol–water partition coefficient (Wildman–Crippen LogP) is 3.66. The highest BCUT2D eigenvalue weighted by atomic mass is 35.5. The van der Waals surface area contributed by atoms with E-state index in [0.29, 0.717) is 0 Å². The van der Waals surface area contributed by atoms with Gasteiger partial charge < -0.3 is 10.2 Å². The minimum Gasteiger partial charge on any atom is -0.336 e. The highest BCUT2D eigenvalue weighted by Crippen LogP contribution is 2.32. The molecule has 1 fully saturated rings. The Kier molecular flexibility index (Phi) is 6.99. The number of carbonyl (C=O) groups excluding carboxylic acids is 2. The van der Waals surface area contributed by atoms with Crippen LogP contribution in [0.15, 0.2) is 42.5 Å². The lowest BCUT2D eigenvalue weighted by atomic mass is 10.1. The van der Waals surface area contributed by atoms with Crippen molar-refractivity contribution in [1.82, 2.24) is 9.80 Å². The van der Waals surface area contributed by atoms with Crippen molar-refractivity contribution in [2.45, 2.75) is 6.18 Å². The van der Waals surface area contributed by atoms with Crippen LogP contribution in [0.1, 0.15) is 15.9 Å². The van der Waals surface area contributed by atoms with Crippen molar-refractivity contribution >= 4 is 34.8 Å². The van der Waals surface area contributed by atoms with Gasteiger partial charge in [0.15, 0.2) is 0 Å². The second-order valence-electron chi connectivity index (χ2n) is 7.08. The molecule has 2 aromatic carbocycles. The van der Waals surface area contributed by atoms with Crippen LogP contribution in [0.2, 0.25) is 5.02 Å². The number of halogens is 4. The topological polar surface area (TPSA) is 95.8 Å². The summed E-state index contributed by atoms with van der Waals surface area (Å²) < 4.78 is 39.6. The van der Waals surface area contributed by atoms with E-state index in [2.05, 4.69) is 5.32 Å². The molecule has 1 aliphatic rings. The average molecular weight is 471 g/mol.